The largest absolute Gasteiger partial charge is 0.495 e. The molecule has 0 saturated heterocycles. The molecule has 0 saturated carbocycles. The topological polar surface area (TPSA) is 107 Å². The summed E-state index contributed by atoms with van der Waals surface area (Å²) in [6, 6.07) is 14.5. The highest BCUT2D eigenvalue weighted by atomic mass is 32.2. The van der Waals surface area contributed by atoms with Gasteiger partial charge in [0.1, 0.15) is 5.75 Å². The van der Waals surface area contributed by atoms with Gasteiger partial charge in [-0.1, -0.05) is 48.6 Å². The van der Waals surface area contributed by atoms with Crippen LogP contribution in [-0.2, 0) is 10.0 Å². The summed E-state index contributed by atoms with van der Waals surface area (Å²) in [4.78, 5) is 4.23. The highest BCUT2D eigenvalue weighted by molar-refractivity contribution is 7.89. The third-order valence-corrected chi connectivity index (χ3v) is 5.63. The van der Waals surface area contributed by atoms with Crippen LogP contribution in [0.2, 0.25) is 0 Å². The number of sulfonamides is 1. The lowest BCUT2D eigenvalue weighted by molar-refractivity contribution is 0.416. The van der Waals surface area contributed by atoms with Crippen LogP contribution in [0.4, 0.5) is 11.7 Å². The second-order valence-electron chi connectivity index (χ2n) is 6.83. The first-order valence-electron chi connectivity index (χ1n) is 9.52. The van der Waals surface area contributed by atoms with Crippen LogP contribution in [0.3, 0.4) is 0 Å². The number of nitrogens with two attached hydrogens (primary N) is 1. The fourth-order valence-corrected chi connectivity index (χ4v) is 3.73. The molecule has 0 radical (unpaired) electrons. The minimum atomic E-state index is -3.86. The minimum absolute atomic E-state index is 0.0458. The fourth-order valence-electron chi connectivity index (χ4n) is 3.19. The lowest BCUT2D eigenvalue weighted by Gasteiger charge is -2.10. The summed E-state index contributed by atoms with van der Waals surface area (Å²) in [6.45, 7) is 0. The quantitative estimate of drug-likeness (QED) is 0.590. The Hall–Kier alpha value is -3.62. The van der Waals surface area contributed by atoms with Crippen LogP contribution in [0.15, 0.2) is 88.3 Å². The Bertz CT molecular complexity index is 1290. The lowest BCUT2D eigenvalue weighted by Crippen LogP contribution is -2.12. The first kappa shape index (κ1) is 20.6. The maximum atomic E-state index is 11.7. The average Bonchev–Trinajstić information content (AvgIpc) is 3.08. The Balaban J connectivity index is 1.63. The number of nitrogens with zero attached hydrogens (tertiary/aromatic N) is 1. The van der Waals surface area contributed by atoms with Gasteiger partial charge in [0.25, 0.3) is 6.01 Å². The van der Waals surface area contributed by atoms with Crippen molar-refractivity contribution in [3.05, 3.63) is 90.4 Å². The van der Waals surface area contributed by atoms with Crippen LogP contribution in [0.1, 0.15) is 17.7 Å². The number of aromatic nitrogens is 1. The van der Waals surface area contributed by atoms with Crippen LogP contribution < -0.4 is 15.2 Å². The van der Waals surface area contributed by atoms with Gasteiger partial charge in [0.2, 0.25) is 10.0 Å². The average molecular weight is 436 g/mol. The zero-order valence-corrected chi connectivity index (χ0v) is 17.6. The van der Waals surface area contributed by atoms with Gasteiger partial charge in [0, 0.05) is 5.57 Å². The third kappa shape index (κ3) is 4.76. The van der Waals surface area contributed by atoms with Crippen molar-refractivity contribution in [3.63, 3.8) is 0 Å². The predicted molar refractivity (Wildman–Crippen MR) is 120 cm³/mol. The van der Waals surface area contributed by atoms with Crippen molar-refractivity contribution in [2.45, 2.75) is 11.3 Å². The van der Waals surface area contributed by atoms with Crippen LogP contribution in [-0.4, -0.2) is 20.5 Å². The summed E-state index contributed by atoms with van der Waals surface area (Å²) < 4.78 is 34.5. The van der Waals surface area contributed by atoms with Crippen molar-refractivity contribution in [2.24, 2.45) is 5.14 Å². The molecule has 2 aromatic carbocycles. The van der Waals surface area contributed by atoms with E-state index in [9.17, 15) is 8.42 Å². The minimum Gasteiger partial charge on any atom is -0.495 e. The number of methoxy groups -OCH3 is 1. The number of benzene rings is 2. The van der Waals surface area contributed by atoms with Gasteiger partial charge in [-0.3, -0.25) is 0 Å². The van der Waals surface area contributed by atoms with Crippen LogP contribution in [0, 0.1) is 0 Å². The number of hydrogen-bond donors (Lipinski definition) is 2. The molecule has 7 nitrogen and oxygen atoms in total. The van der Waals surface area contributed by atoms with Gasteiger partial charge in [-0.25, -0.2) is 18.5 Å². The second kappa shape index (κ2) is 8.63. The number of ether oxygens (including phenoxy) is 1. The van der Waals surface area contributed by atoms with Gasteiger partial charge in [-0.05, 0) is 41.8 Å². The molecule has 0 aliphatic heterocycles. The van der Waals surface area contributed by atoms with Gasteiger partial charge in [-0.15, -0.1) is 0 Å². The Labute approximate surface area is 180 Å². The monoisotopic (exact) mass is 435 g/mol. The van der Waals surface area contributed by atoms with E-state index in [0.717, 1.165) is 23.1 Å². The van der Waals surface area contributed by atoms with Crippen LogP contribution in [0.25, 0.3) is 11.1 Å². The molecule has 0 spiro atoms. The SMILES string of the molecule is COc1ccc(S(N)(=O)=O)cc1Nc1ncc(C2=CCC=CC(c3ccccc3)=C2)o1. The molecule has 1 heterocycles. The van der Waals surface area contributed by atoms with Gasteiger partial charge < -0.3 is 14.5 Å². The van der Waals surface area contributed by atoms with Gasteiger partial charge in [-0.2, -0.15) is 0 Å². The molecule has 4 rings (SSSR count). The van der Waals surface area contributed by atoms with Gasteiger partial charge in [0.05, 0.1) is 23.9 Å². The Morgan fingerprint density at radius 2 is 1.94 bits per heavy atom. The van der Waals surface area contributed by atoms with Crippen molar-refractivity contribution in [1.29, 1.82) is 0 Å². The summed E-state index contributed by atoms with van der Waals surface area (Å²) in [5.41, 5.74) is 3.45. The number of primary sulfonamides is 1. The molecule has 1 aliphatic carbocycles. The number of allylic oxidation sites excluding steroid dienone is 6. The molecule has 0 bridgehead atoms. The number of oxazole rings is 1. The lowest BCUT2D eigenvalue weighted by atomic mass is 10.0. The van der Waals surface area contributed by atoms with Crippen molar-refractivity contribution in [1.82, 2.24) is 4.98 Å². The second-order valence-corrected chi connectivity index (χ2v) is 8.39. The number of anilines is 2. The van der Waals surface area contributed by atoms with Gasteiger partial charge in [0.15, 0.2) is 5.76 Å². The molecular weight excluding hydrogens is 414 g/mol. The first-order valence-corrected chi connectivity index (χ1v) is 11.1. The van der Waals surface area contributed by atoms with E-state index in [4.69, 9.17) is 14.3 Å². The third-order valence-electron chi connectivity index (χ3n) is 4.72. The smallest absolute Gasteiger partial charge is 0.299 e. The zero-order chi connectivity index (χ0) is 21.8. The van der Waals surface area contributed by atoms with Crippen molar-refractivity contribution in [3.8, 4) is 5.75 Å². The van der Waals surface area contributed by atoms with Crippen molar-refractivity contribution >= 4 is 32.9 Å². The number of nitrogens with one attached hydrogen (secondary N) is 1. The molecule has 0 atom stereocenters. The van der Waals surface area contributed by atoms with E-state index < -0.39 is 10.0 Å². The Kier molecular flexibility index (Phi) is 5.75. The highest BCUT2D eigenvalue weighted by Gasteiger charge is 2.15. The van der Waals surface area contributed by atoms with Crippen molar-refractivity contribution < 1.29 is 17.6 Å². The maximum absolute atomic E-state index is 11.7. The zero-order valence-electron chi connectivity index (χ0n) is 16.8. The predicted octanol–water partition coefficient (Wildman–Crippen LogP) is 4.50. The molecule has 31 heavy (non-hydrogen) atoms. The van der Waals surface area contributed by atoms with Crippen molar-refractivity contribution in [2.75, 3.05) is 12.4 Å². The molecule has 8 heteroatoms. The summed E-state index contributed by atoms with van der Waals surface area (Å²) in [7, 11) is -2.38. The van der Waals surface area contributed by atoms with Gasteiger partial charge >= 0.3 is 0 Å². The highest BCUT2D eigenvalue weighted by Crippen LogP contribution is 2.32. The molecule has 0 amide bonds. The standard InChI is InChI=1S/C23H21N3O4S/c1-29-21-12-11-19(31(24,27)28)14-20(21)26-23-25-15-22(30-23)18-10-6-5-9-17(13-18)16-7-3-2-4-8-16/h2-5,7-15H,6H2,1H3,(H,25,26)(H2,24,27,28). The van der Waals surface area contributed by atoms with E-state index in [0.29, 0.717) is 17.2 Å². The summed E-state index contributed by atoms with van der Waals surface area (Å²) in [5, 5.41) is 8.20. The van der Waals surface area contributed by atoms with E-state index in [1.54, 1.807) is 6.20 Å². The molecule has 158 valence electrons. The normalized spacial score (nSPS) is 13.9. The summed E-state index contributed by atoms with van der Waals surface area (Å²) >= 11 is 0. The fraction of sp³-hybridized carbons (Fsp3) is 0.0870. The molecule has 0 fully saturated rings. The summed E-state index contributed by atoms with van der Waals surface area (Å²) in [5.74, 6) is 1.01. The van der Waals surface area contributed by atoms with E-state index in [1.165, 1.54) is 25.3 Å². The molecule has 0 unspecified atom stereocenters. The molecule has 1 aromatic heterocycles. The van der Waals surface area contributed by atoms with E-state index in [2.05, 4.69) is 40.7 Å². The molecular formula is C23H21N3O4S. The van der Waals surface area contributed by atoms with Crippen LogP contribution in [0.5, 0.6) is 5.75 Å². The Morgan fingerprint density at radius 3 is 2.68 bits per heavy atom. The number of hydrogen-bond acceptors (Lipinski definition) is 6. The first-order chi connectivity index (χ1) is 14.9. The van der Waals surface area contributed by atoms with E-state index in [1.807, 2.05) is 24.3 Å². The van der Waals surface area contributed by atoms with Crippen LogP contribution >= 0.6 is 0 Å². The molecule has 1 aliphatic rings. The molecule has 3 aromatic rings. The number of rotatable bonds is 6. The van der Waals surface area contributed by atoms with E-state index in [-0.39, 0.29) is 10.9 Å². The molecule has 3 N–H and O–H groups in total. The maximum Gasteiger partial charge on any atom is 0.299 e. The van der Waals surface area contributed by atoms with E-state index >= 15 is 0 Å². The Morgan fingerprint density at radius 1 is 1.13 bits per heavy atom. The summed E-state index contributed by atoms with van der Waals surface area (Å²) in [6.07, 6.45) is 10.7.